The van der Waals surface area contributed by atoms with Gasteiger partial charge in [-0.15, -0.1) is 0 Å². The van der Waals surface area contributed by atoms with Crippen molar-refractivity contribution in [1.82, 2.24) is 5.01 Å². The smallest absolute Gasteiger partial charge is 0.161 e. The van der Waals surface area contributed by atoms with Crippen LogP contribution < -0.4 is 14.4 Å². The van der Waals surface area contributed by atoms with Crippen molar-refractivity contribution in [2.24, 2.45) is 5.10 Å². The van der Waals surface area contributed by atoms with Crippen LogP contribution in [0.1, 0.15) is 11.1 Å². The Kier molecular flexibility index (Phi) is 6.95. The van der Waals surface area contributed by atoms with Gasteiger partial charge in [-0.2, -0.15) is 5.10 Å². The predicted octanol–water partition coefficient (Wildman–Crippen LogP) is 5.08. The van der Waals surface area contributed by atoms with Gasteiger partial charge in [0.1, 0.15) is 6.61 Å². The van der Waals surface area contributed by atoms with E-state index >= 15 is 0 Å². The first-order valence-corrected chi connectivity index (χ1v) is 10.7. The van der Waals surface area contributed by atoms with Gasteiger partial charge in [0.2, 0.25) is 0 Å². The summed E-state index contributed by atoms with van der Waals surface area (Å²) in [6.07, 6.45) is 1.88. The molecule has 31 heavy (non-hydrogen) atoms. The zero-order valence-electron chi connectivity index (χ0n) is 17.6. The van der Waals surface area contributed by atoms with Crippen molar-refractivity contribution >= 4 is 23.5 Å². The molecule has 0 amide bonds. The molecular weight excluding hydrogens is 410 g/mol. The maximum atomic E-state index is 5.99. The van der Waals surface area contributed by atoms with Crippen LogP contribution in [0.25, 0.3) is 0 Å². The standard InChI is InChI=1S/C25H26ClN3O2/c1-30-25-17-21(7-12-24(25)31-19-20-5-3-2-4-6-20)18-27-29-15-13-28(14-16-29)23-10-8-22(26)9-11-23/h2-12,17-18H,13-16,19H2,1H3/b27-18+. The Morgan fingerprint density at radius 2 is 1.65 bits per heavy atom. The number of halogens is 1. The number of methoxy groups -OCH3 is 1. The normalized spacial score (nSPS) is 14.1. The van der Waals surface area contributed by atoms with Crippen LogP contribution in [-0.4, -0.2) is 44.5 Å². The Balaban J connectivity index is 1.33. The van der Waals surface area contributed by atoms with Gasteiger partial charge in [0.05, 0.1) is 26.4 Å². The molecule has 4 rings (SSSR count). The molecule has 0 aromatic heterocycles. The van der Waals surface area contributed by atoms with Crippen molar-refractivity contribution in [3.8, 4) is 11.5 Å². The number of ether oxygens (including phenoxy) is 2. The molecule has 1 saturated heterocycles. The van der Waals surface area contributed by atoms with Crippen LogP contribution >= 0.6 is 11.6 Å². The highest BCUT2D eigenvalue weighted by molar-refractivity contribution is 6.30. The van der Waals surface area contributed by atoms with Crippen molar-refractivity contribution < 1.29 is 9.47 Å². The first kappa shape index (κ1) is 21.1. The number of hydrogen-bond donors (Lipinski definition) is 0. The molecule has 1 heterocycles. The van der Waals surface area contributed by atoms with Crippen LogP contribution in [-0.2, 0) is 6.61 Å². The Hall–Kier alpha value is -3.18. The third kappa shape index (κ3) is 5.70. The zero-order chi connectivity index (χ0) is 21.5. The molecule has 3 aromatic rings. The summed E-state index contributed by atoms with van der Waals surface area (Å²) in [5, 5.41) is 7.52. The molecular formula is C25H26ClN3O2. The molecule has 5 nitrogen and oxygen atoms in total. The fourth-order valence-corrected chi connectivity index (χ4v) is 3.61. The van der Waals surface area contributed by atoms with E-state index in [1.807, 2.05) is 66.9 Å². The van der Waals surface area contributed by atoms with E-state index in [2.05, 4.69) is 27.1 Å². The van der Waals surface area contributed by atoms with Gasteiger partial charge in [-0.1, -0.05) is 41.9 Å². The minimum absolute atomic E-state index is 0.503. The average Bonchev–Trinajstić information content (AvgIpc) is 2.83. The molecule has 0 spiro atoms. The molecule has 0 atom stereocenters. The second-order valence-corrected chi connectivity index (χ2v) is 7.78. The lowest BCUT2D eigenvalue weighted by Crippen LogP contribution is -2.44. The van der Waals surface area contributed by atoms with Crippen molar-refractivity contribution in [3.63, 3.8) is 0 Å². The fraction of sp³-hybridized carbons (Fsp3) is 0.240. The zero-order valence-corrected chi connectivity index (χ0v) is 18.3. The van der Waals surface area contributed by atoms with Gasteiger partial charge in [0, 0.05) is 23.8 Å². The first-order valence-electron chi connectivity index (χ1n) is 10.4. The van der Waals surface area contributed by atoms with Gasteiger partial charge in [0.15, 0.2) is 11.5 Å². The van der Waals surface area contributed by atoms with Crippen molar-refractivity contribution in [3.05, 3.63) is 88.9 Å². The van der Waals surface area contributed by atoms with Crippen molar-refractivity contribution in [2.75, 3.05) is 38.2 Å². The quantitative estimate of drug-likeness (QED) is 0.485. The number of anilines is 1. The topological polar surface area (TPSA) is 37.3 Å². The number of nitrogens with zero attached hydrogens (tertiary/aromatic N) is 3. The number of hydrogen-bond acceptors (Lipinski definition) is 5. The summed E-state index contributed by atoms with van der Waals surface area (Å²) in [5.74, 6) is 1.42. The van der Waals surface area contributed by atoms with Gasteiger partial charge < -0.3 is 14.4 Å². The van der Waals surface area contributed by atoms with E-state index in [0.717, 1.165) is 48.1 Å². The van der Waals surface area contributed by atoms with E-state index in [9.17, 15) is 0 Å². The number of hydrazone groups is 1. The van der Waals surface area contributed by atoms with Crippen LogP contribution in [0.2, 0.25) is 5.02 Å². The van der Waals surface area contributed by atoms with Crippen LogP contribution in [0.5, 0.6) is 11.5 Å². The molecule has 1 aliphatic heterocycles. The number of rotatable bonds is 7. The highest BCUT2D eigenvalue weighted by Crippen LogP contribution is 2.28. The average molecular weight is 436 g/mol. The minimum atomic E-state index is 0.503. The summed E-state index contributed by atoms with van der Waals surface area (Å²) >= 11 is 5.99. The van der Waals surface area contributed by atoms with Crippen LogP contribution in [0.3, 0.4) is 0 Å². The van der Waals surface area contributed by atoms with E-state index in [4.69, 9.17) is 21.1 Å². The summed E-state index contributed by atoms with van der Waals surface area (Å²) in [5.41, 5.74) is 3.29. The Morgan fingerprint density at radius 1 is 0.903 bits per heavy atom. The summed E-state index contributed by atoms with van der Waals surface area (Å²) in [4.78, 5) is 2.35. The van der Waals surface area contributed by atoms with Gasteiger partial charge in [-0.3, -0.25) is 5.01 Å². The van der Waals surface area contributed by atoms with E-state index in [1.165, 1.54) is 5.69 Å². The predicted molar refractivity (Wildman–Crippen MR) is 127 cm³/mol. The summed E-state index contributed by atoms with van der Waals surface area (Å²) < 4.78 is 11.5. The van der Waals surface area contributed by atoms with E-state index in [-0.39, 0.29) is 0 Å². The van der Waals surface area contributed by atoms with Crippen LogP contribution in [0.15, 0.2) is 77.9 Å². The largest absolute Gasteiger partial charge is 0.493 e. The Labute approximate surface area is 188 Å². The number of piperazine rings is 1. The van der Waals surface area contributed by atoms with Crippen LogP contribution in [0, 0.1) is 0 Å². The Bertz CT molecular complexity index is 1000. The molecule has 3 aromatic carbocycles. The lowest BCUT2D eigenvalue weighted by Gasteiger charge is -2.34. The third-order valence-corrected chi connectivity index (χ3v) is 5.49. The SMILES string of the molecule is COc1cc(/C=N/N2CCN(c3ccc(Cl)cc3)CC2)ccc1OCc1ccccc1. The molecule has 160 valence electrons. The fourth-order valence-electron chi connectivity index (χ4n) is 3.49. The molecule has 0 radical (unpaired) electrons. The van der Waals surface area contributed by atoms with E-state index < -0.39 is 0 Å². The second-order valence-electron chi connectivity index (χ2n) is 7.35. The van der Waals surface area contributed by atoms with Crippen molar-refractivity contribution in [2.45, 2.75) is 6.61 Å². The maximum Gasteiger partial charge on any atom is 0.161 e. The van der Waals surface area contributed by atoms with E-state index in [1.54, 1.807) is 7.11 Å². The molecule has 0 saturated carbocycles. The Morgan fingerprint density at radius 3 is 2.35 bits per heavy atom. The van der Waals surface area contributed by atoms with Gasteiger partial charge in [0.25, 0.3) is 0 Å². The highest BCUT2D eigenvalue weighted by Gasteiger charge is 2.15. The molecule has 0 N–H and O–H groups in total. The lowest BCUT2D eigenvalue weighted by atomic mass is 10.2. The molecule has 0 bridgehead atoms. The van der Waals surface area contributed by atoms with Gasteiger partial charge in [-0.05, 0) is 53.6 Å². The third-order valence-electron chi connectivity index (χ3n) is 5.24. The van der Waals surface area contributed by atoms with Gasteiger partial charge >= 0.3 is 0 Å². The first-order chi connectivity index (χ1) is 15.2. The second kappa shape index (κ2) is 10.2. The molecule has 0 unspecified atom stereocenters. The molecule has 1 fully saturated rings. The van der Waals surface area contributed by atoms with Crippen LogP contribution in [0.4, 0.5) is 5.69 Å². The molecule has 1 aliphatic rings. The van der Waals surface area contributed by atoms with Gasteiger partial charge in [-0.25, -0.2) is 0 Å². The van der Waals surface area contributed by atoms with Crippen molar-refractivity contribution in [1.29, 1.82) is 0 Å². The molecule has 0 aliphatic carbocycles. The lowest BCUT2D eigenvalue weighted by molar-refractivity contribution is 0.272. The summed E-state index contributed by atoms with van der Waals surface area (Å²) in [6.45, 7) is 4.09. The number of benzene rings is 3. The molecule has 6 heteroatoms. The van der Waals surface area contributed by atoms with E-state index in [0.29, 0.717) is 12.4 Å². The highest BCUT2D eigenvalue weighted by atomic mass is 35.5. The summed E-state index contributed by atoms with van der Waals surface area (Å²) in [6, 6.07) is 24.0. The monoisotopic (exact) mass is 435 g/mol. The summed E-state index contributed by atoms with van der Waals surface area (Å²) in [7, 11) is 1.65. The maximum absolute atomic E-state index is 5.99. The minimum Gasteiger partial charge on any atom is -0.493 e.